The van der Waals surface area contributed by atoms with Crippen molar-refractivity contribution in [2.24, 2.45) is 0 Å². The van der Waals surface area contributed by atoms with Crippen molar-refractivity contribution in [3.63, 3.8) is 0 Å². The first-order valence-corrected chi connectivity index (χ1v) is 2.35. The maximum Gasteiger partial charge on any atom is 0.316 e. The van der Waals surface area contributed by atoms with Crippen LogP contribution in [0, 0.1) is 0 Å². The third kappa shape index (κ3) is 207. The van der Waals surface area contributed by atoms with Crippen molar-refractivity contribution in [2.75, 3.05) is 0 Å². The Hall–Kier alpha value is 5.84. The summed E-state index contributed by atoms with van der Waals surface area (Å²) in [6.07, 6.45) is 0. The van der Waals surface area contributed by atoms with Crippen LogP contribution in [0.1, 0.15) is 0 Å². The average molecular weight is 389 g/mol. The van der Waals surface area contributed by atoms with Crippen molar-refractivity contribution in [3.05, 3.63) is 0 Å². The van der Waals surface area contributed by atoms with E-state index in [0.29, 0.717) is 0 Å². The Balaban J connectivity index is -0.00000000145. The molecule has 0 aliphatic carbocycles. The SMILES string of the molecule is Cl.O.O.O.O.O.O.O=P(O)(O)O.[KH].[KH].[KH].[MgH2]. The first kappa shape index (κ1) is 98.0. The van der Waals surface area contributed by atoms with Gasteiger partial charge in [-0.1, -0.05) is 0 Å². The van der Waals surface area contributed by atoms with Gasteiger partial charge in [0.1, 0.15) is 0 Å². The maximum atomic E-state index is 8.88. The topological polar surface area (TPSA) is 267 Å². The van der Waals surface area contributed by atoms with Gasteiger partial charge in [0.15, 0.2) is 0 Å². The van der Waals surface area contributed by atoms with Crippen LogP contribution in [-0.2, 0) is 4.57 Å². The second-order valence-electron chi connectivity index (χ2n) is 0.513. The van der Waals surface area contributed by atoms with Gasteiger partial charge >= 0.3 is 185 Å². The minimum absolute atomic E-state index is 0. The van der Waals surface area contributed by atoms with Crippen LogP contribution in [0.3, 0.4) is 0 Å². The molecule has 0 bridgehead atoms. The number of hydrogen-bond donors (Lipinski definition) is 3. The Morgan fingerprint density at radius 3 is 0.625 bits per heavy atom. The third-order valence-electron chi connectivity index (χ3n) is 0. The predicted octanol–water partition coefficient (Wildman–Crippen LogP) is -8.32. The van der Waals surface area contributed by atoms with Gasteiger partial charge in [-0.2, -0.15) is 0 Å². The van der Waals surface area contributed by atoms with Gasteiger partial charge in [0.2, 0.25) is 0 Å². The molecule has 0 aliphatic rings. The summed E-state index contributed by atoms with van der Waals surface area (Å²) < 4.78 is 8.88. The van der Waals surface area contributed by atoms with Crippen molar-refractivity contribution in [2.45, 2.75) is 0 Å². The van der Waals surface area contributed by atoms with Gasteiger partial charge in [-0.05, 0) is 0 Å². The summed E-state index contributed by atoms with van der Waals surface area (Å²) in [5.41, 5.74) is 0. The Bertz CT molecular complexity index is 72.2. The minimum Gasteiger partial charge on any atom is 0.316 e. The molecular weight excluding hydrogens is 368 g/mol. The molecule has 10 nitrogen and oxygen atoms in total. The Kier molecular flexibility index (Phi) is 358. The zero-order chi connectivity index (χ0) is 4.50. The van der Waals surface area contributed by atoms with Gasteiger partial charge in [0, 0.05) is 0 Å². The van der Waals surface area contributed by atoms with E-state index < -0.39 is 7.82 Å². The Labute approximate surface area is 242 Å². The first-order chi connectivity index (χ1) is 2.00. The molecular formula is H21ClK3MgO10P. The zero-order valence-corrected chi connectivity index (χ0v) is 7.32. The fourth-order valence-electron chi connectivity index (χ4n) is 0. The smallest absolute Gasteiger partial charge is 0.316 e. The molecule has 98 valence electrons. The van der Waals surface area contributed by atoms with Gasteiger partial charge in [-0.25, -0.2) is 4.57 Å². The van der Waals surface area contributed by atoms with Crippen LogP contribution in [-0.4, -0.2) is 225 Å². The van der Waals surface area contributed by atoms with Crippen LogP contribution in [0.5, 0.6) is 0 Å². The summed E-state index contributed by atoms with van der Waals surface area (Å²) in [6, 6.07) is 0. The molecule has 0 radical (unpaired) electrons. The summed E-state index contributed by atoms with van der Waals surface area (Å²) in [5, 5.41) is 0. The van der Waals surface area contributed by atoms with Crippen molar-refractivity contribution >= 4 is 197 Å². The summed E-state index contributed by atoms with van der Waals surface area (Å²) in [5.74, 6) is 0. The number of halogens is 1. The van der Waals surface area contributed by atoms with Gasteiger partial charge in [0.05, 0.1) is 0 Å². The van der Waals surface area contributed by atoms with E-state index in [1.807, 2.05) is 0 Å². The monoisotopic (exact) mass is 388 g/mol. The summed E-state index contributed by atoms with van der Waals surface area (Å²) in [7, 11) is -4.64. The third-order valence-corrected chi connectivity index (χ3v) is 0. The number of rotatable bonds is 0. The summed E-state index contributed by atoms with van der Waals surface area (Å²) in [4.78, 5) is 21.6. The molecule has 15 N–H and O–H groups in total. The molecule has 0 saturated carbocycles. The normalized spacial score (nSPS) is 3.69. The van der Waals surface area contributed by atoms with E-state index in [0.717, 1.165) is 0 Å². The van der Waals surface area contributed by atoms with Crippen LogP contribution >= 0.6 is 20.2 Å². The molecule has 0 atom stereocenters. The number of hydrogen-bond acceptors (Lipinski definition) is 1. The fraction of sp³-hybridized carbons (Fsp3) is 0. The molecule has 0 aromatic carbocycles. The largest absolute Gasteiger partial charge is 0.316 e. The Morgan fingerprint density at radius 1 is 0.625 bits per heavy atom. The van der Waals surface area contributed by atoms with Crippen molar-refractivity contribution in [1.82, 2.24) is 0 Å². The fourth-order valence-corrected chi connectivity index (χ4v) is 0. The molecule has 16 heteroatoms. The molecule has 0 fully saturated rings. The standard InChI is InChI=1S/ClH.3K.Mg.H3O4P.6H2O.5H/c;;;;;1-5(2,3)4;;;;;;;;;;;/h1H;;;;;(H3,1,2,3,4);6*1H2;;;;;. The molecule has 0 rings (SSSR count). The molecule has 16 heavy (non-hydrogen) atoms. The quantitative estimate of drug-likeness (QED) is 0.269. The van der Waals surface area contributed by atoms with Crippen LogP contribution in [0.4, 0.5) is 0 Å². The Morgan fingerprint density at radius 2 is 0.625 bits per heavy atom. The molecule has 0 saturated heterocycles. The van der Waals surface area contributed by atoms with Gasteiger partial charge in [-0.15, -0.1) is 12.4 Å². The van der Waals surface area contributed by atoms with E-state index in [2.05, 4.69) is 0 Å². The van der Waals surface area contributed by atoms with Gasteiger partial charge in [0.25, 0.3) is 0 Å². The second kappa shape index (κ2) is 58.5. The molecule has 0 aromatic heterocycles. The minimum atomic E-state index is -4.64. The van der Waals surface area contributed by atoms with Crippen molar-refractivity contribution in [1.29, 1.82) is 0 Å². The predicted molar refractivity (Wildman–Crippen MR) is 73.2 cm³/mol. The molecule has 0 heterocycles. The van der Waals surface area contributed by atoms with Crippen molar-refractivity contribution in [3.8, 4) is 0 Å². The molecule has 0 aliphatic heterocycles. The second-order valence-corrected chi connectivity index (χ2v) is 1.54. The average Bonchev–Trinajstić information content (AvgIpc) is 0.722. The first-order valence-electron chi connectivity index (χ1n) is 0.783. The van der Waals surface area contributed by atoms with E-state index in [-0.39, 0.29) is 222 Å². The molecule has 0 unspecified atom stereocenters. The molecule has 0 aromatic rings. The summed E-state index contributed by atoms with van der Waals surface area (Å²) in [6.45, 7) is 0. The molecule has 0 spiro atoms. The van der Waals surface area contributed by atoms with Crippen molar-refractivity contribution < 1.29 is 52.1 Å². The van der Waals surface area contributed by atoms with E-state index in [1.165, 1.54) is 0 Å². The van der Waals surface area contributed by atoms with E-state index >= 15 is 0 Å². The van der Waals surface area contributed by atoms with E-state index in [4.69, 9.17) is 19.2 Å². The maximum absolute atomic E-state index is 8.88. The van der Waals surface area contributed by atoms with E-state index in [9.17, 15) is 0 Å². The summed E-state index contributed by atoms with van der Waals surface area (Å²) >= 11 is 0. The van der Waals surface area contributed by atoms with Crippen LogP contribution < -0.4 is 0 Å². The zero-order valence-electron chi connectivity index (χ0n) is 5.61. The van der Waals surface area contributed by atoms with E-state index in [1.54, 1.807) is 0 Å². The van der Waals surface area contributed by atoms with Crippen LogP contribution in [0.2, 0.25) is 0 Å². The number of phosphoric acid groups is 1. The van der Waals surface area contributed by atoms with Gasteiger partial charge in [-0.3, -0.25) is 0 Å². The molecule has 0 amide bonds. The van der Waals surface area contributed by atoms with Gasteiger partial charge < -0.3 is 47.5 Å². The van der Waals surface area contributed by atoms with Crippen LogP contribution in [0.15, 0.2) is 0 Å². The van der Waals surface area contributed by atoms with Crippen LogP contribution in [0.25, 0.3) is 0 Å².